The second kappa shape index (κ2) is 5.45. The highest BCUT2D eigenvalue weighted by Crippen LogP contribution is 2.22. The molecule has 1 amide bonds. The van der Waals surface area contributed by atoms with Gasteiger partial charge in [0.2, 0.25) is 5.91 Å². The summed E-state index contributed by atoms with van der Waals surface area (Å²) in [4.78, 5) is 24.6. The van der Waals surface area contributed by atoms with Crippen LogP contribution in [0.4, 0.5) is 0 Å². The van der Waals surface area contributed by atoms with Gasteiger partial charge in [0.25, 0.3) is 0 Å². The minimum Gasteiger partial charge on any atom is -0.480 e. The first-order valence-corrected chi connectivity index (χ1v) is 6.25. The number of likely N-dealkylation sites (N-methyl/N-ethyl adjacent to an activating group) is 1. The van der Waals surface area contributed by atoms with Gasteiger partial charge in [0.1, 0.15) is 6.04 Å². The Kier molecular flexibility index (Phi) is 4.49. The molecule has 0 radical (unpaired) electrons. The number of hydrogen-bond acceptors (Lipinski definition) is 3. The number of rotatable bonds is 4. The van der Waals surface area contributed by atoms with E-state index in [1.807, 2.05) is 12.1 Å². The molecule has 4 nitrogen and oxygen atoms in total. The van der Waals surface area contributed by atoms with E-state index in [-0.39, 0.29) is 12.3 Å². The van der Waals surface area contributed by atoms with Crippen LogP contribution in [0.25, 0.3) is 0 Å². The van der Waals surface area contributed by atoms with Crippen LogP contribution in [0.5, 0.6) is 0 Å². The fraction of sp³-hybridized carbons (Fsp3) is 0.400. The van der Waals surface area contributed by atoms with Gasteiger partial charge in [-0.25, -0.2) is 4.79 Å². The summed E-state index contributed by atoms with van der Waals surface area (Å²) >= 11 is 4.79. The third-order valence-electron chi connectivity index (χ3n) is 2.29. The Labute approximate surface area is 106 Å². The van der Waals surface area contributed by atoms with Gasteiger partial charge >= 0.3 is 5.97 Å². The first-order valence-electron chi connectivity index (χ1n) is 4.64. The Morgan fingerprint density at radius 3 is 2.62 bits per heavy atom. The molecule has 1 unspecified atom stereocenters. The predicted octanol–water partition coefficient (Wildman–Crippen LogP) is 1.98. The molecule has 1 atom stereocenters. The van der Waals surface area contributed by atoms with Crippen LogP contribution in [0.2, 0.25) is 0 Å². The number of aliphatic carboxylic acids is 1. The number of nitrogens with zero attached hydrogens (tertiary/aromatic N) is 1. The van der Waals surface area contributed by atoms with Gasteiger partial charge in [-0.15, -0.1) is 11.3 Å². The number of carbonyl (C=O) groups excluding carboxylic acids is 1. The molecule has 0 fully saturated rings. The Morgan fingerprint density at radius 1 is 1.56 bits per heavy atom. The van der Waals surface area contributed by atoms with Crippen LogP contribution in [0.15, 0.2) is 15.9 Å². The van der Waals surface area contributed by atoms with Crippen molar-refractivity contribution in [3.8, 4) is 0 Å². The summed E-state index contributed by atoms with van der Waals surface area (Å²) in [5.74, 6) is -1.19. The zero-order chi connectivity index (χ0) is 12.3. The van der Waals surface area contributed by atoms with E-state index in [0.717, 1.165) is 8.66 Å². The number of hydrogen-bond donors (Lipinski definition) is 1. The molecule has 16 heavy (non-hydrogen) atoms. The van der Waals surface area contributed by atoms with Gasteiger partial charge in [-0.1, -0.05) is 0 Å². The van der Waals surface area contributed by atoms with Crippen LogP contribution in [0.3, 0.4) is 0 Å². The van der Waals surface area contributed by atoms with Crippen LogP contribution in [-0.2, 0) is 16.0 Å². The zero-order valence-corrected chi connectivity index (χ0v) is 11.3. The summed E-state index contributed by atoms with van der Waals surface area (Å²) in [6.45, 7) is 1.49. The van der Waals surface area contributed by atoms with E-state index in [0.29, 0.717) is 0 Å². The maximum absolute atomic E-state index is 11.7. The molecule has 1 aromatic heterocycles. The second-order valence-corrected chi connectivity index (χ2v) is 5.95. The van der Waals surface area contributed by atoms with Crippen molar-refractivity contribution in [2.24, 2.45) is 0 Å². The number of thiophene rings is 1. The van der Waals surface area contributed by atoms with E-state index in [1.54, 1.807) is 0 Å². The highest BCUT2D eigenvalue weighted by molar-refractivity contribution is 9.11. The van der Waals surface area contributed by atoms with Crippen molar-refractivity contribution >= 4 is 39.1 Å². The summed E-state index contributed by atoms with van der Waals surface area (Å²) in [6, 6.07) is 2.93. The number of carboxylic acid groups (broad SMARTS) is 1. The van der Waals surface area contributed by atoms with Gasteiger partial charge < -0.3 is 10.0 Å². The van der Waals surface area contributed by atoms with E-state index < -0.39 is 12.0 Å². The summed E-state index contributed by atoms with van der Waals surface area (Å²) in [5, 5.41) is 8.77. The first-order chi connectivity index (χ1) is 7.41. The van der Waals surface area contributed by atoms with Crippen LogP contribution < -0.4 is 0 Å². The lowest BCUT2D eigenvalue weighted by Crippen LogP contribution is -2.40. The average Bonchev–Trinajstić information content (AvgIpc) is 2.61. The molecule has 0 saturated heterocycles. The number of carboxylic acids is 1. The van der Waals surface area contributed by atoms with Crippen molar-refractivity contribution in [1.29, 1.82) is 0 Å². The summed E-state index contributed by atoms with van der Waals surface area (Å²) in [7, 11) is 1.50. The van der Waals surface area contributed by atoms with Crippen molar-refractivity contribution in [2.45, 2.75) is 19.4 Å². The molecule has 0 aromatic carbocycles. The van der Waals surface area contributed by atoms with E-state index >= 15 is 0 Å². The van der Waals surface area contributed by atoms with Crippen LogP contribution >= 0.6 is 27.3 Å². The van der Waals surface area contributed by atoms with Gasteiger partial charge in [0, 0.05) is 11.9 Å². The molecule has 0 aliphatic carbocycles. The number of carbonyl (C=O) groups is 2. The SMILES string of the molecule is CC(C(=O)O)N(C)C(=O)Cc1ccc(Br)s1. The molecule has 1 heterocycles. The molecule has 88 valence electrons. The minimum absolute atomic E-state index is 0.191. The lowest BCUT2D eigenvalue weighted by molar-refractivity contribution is -0.147. The van der Waals surface area contributed by atoms with E-state index in [4.69, 9.17) is 5.11 Å². The number of halogens is 1. The standard InChI is InChI=1S/C10H12BrNO3S/c1-6(10(14)15)12(2)9(13)5-7-3-4-8(11)16-7/h3-4,6H,5H2,1-2H3,(H,14,15). The van der Waals surface area contributed by atoms with Crippen molar-refractivity contribution in [1.82, 2.24) is 4.90 Å². The highest BCUT2D eigenvalue weighted by atomic mass is 79.9. The smallest absolute Gasteiger partial charge is 0.326 e. The first kappa shape index (κ1) is 13.2. The zero-order valence-electron chi connectivity index (χ0n) is 8.94. The van der Waals surface area contributed by atoms with E-state index in [1.165, 1.54) is 30.2 Å². The molecular weight excluding hydrogens is 294 g/mol. The molecule has 0 aliphatic heterocycles. The fourth-order valence-electron chi connectivity index (χ4n) is 1.10. The maximum Gasteiger partial charge on any atom is 0.326 e. The molecule has 0 bridgehead atoms. The van der Waals surface area contributed by atoms with Crippen molar-refractivity contribution in [3.05, 3.63) is 20.8 Å². The van der Waals surface area contributed by atoms with Gasteiger partial charge in [-0.05, 0) is 35.0 Å². The summed E-state index contributed by atoms with van der Waals surface area (Å²) in [6.07, 6.45) is 0.240. The average molecular weight is 306 g/mol. The second-order valence-electron chi connectivity index (χ2n) is 3.40. The fourth-order valence-corrected chi connectivity index (χ4v) is 2.58. The van der Waals surface area contributed by atoms with Crippen molar-refractivity contribution in [2.75, 3.05) is 7.05 Å². The Balaban J connectivity index is 2.62. The Bertz CT molecular complexity index is 405. The quantitative estimate of drug-likeness (QED) is 0.925. The lowest BCUT2D eigenvalue weighted by atomic mass is 10.2. The summed E-state index contributed by atoms with van der Waals surface area (Å²) < 4.78 is 0.962. The molecule has 1 N–H and O–H groups in total. The lowest BCUT2D eigenvalue weighted by Gasteiger charge is -2.21. The Morgan fingerprint density at radius 2 is 2.19 bits per heavy atom. The van der Waals surface area contributed by atoms with Crippen LogP contribution in [0, 0.1) is 0 Å². The largest absolute Gasteiger partial charge is 0.480 e. The van der Waals surface area contributed by atoms with Crippen molar-refractivity contribution in [3.63, 3.8) is 0 Å². The topological polar surface area (TPSA) is 57.6 Å². The normalized spacial score (nSPS) is 12.2. The third-order valence-corrected chi connectivity index (χ3v) is 3.91. The van der Waals surface area contributed by atoms with E-state index in [2.05, 4.69) is 15.9 Å². The van der Waals surface area contributed by atoms with Gasteiger partial charge in [-0.2, -0.15) is 0 Å². The van der Waals surface area contributed by atoms with Gasteiger partial charge in [0.05, 0.1) is 10.2 Å². The van der Waals surface area contributed by atoms with Crippen LogP contribution in [-0.4, -0.2) is 35.0 Å². The van der Waals surface area contributed by atoms with Crippen LogP contribution in [0.1, 0.15) is 11.8 Å². The molecule has 0 spiro atoms. The monoisotopic (exact) mass is 305 g/mol. The third kappa shape index (κ3) is 3.31. The number of amides is 1. The minimum atomic E-state index is -0.997. The van der Waals surface area contributed by atoms with E-state index in [9.17, 15) is 9.59 Å². The van der Waals surface area contributed by atoms with Gasteiger partial charge in [-0.3, -0.25) is 4.79 Å². The Hall–Kier alpha value is -0.880. The van der Waals surface area contributed by atoms with Gasteiger partial charge in [0.15, 0.2) is 0 Å². The van der Waals surface area contributed by atoms with Crippen molar-refractivity contribution < 1.29 is 14.7 Å². The molecule has 1 rings (SSSR count). The summed E-state index contributed by atoms with van der Waals surface area (Å²) in [5.41, 5.74) is 0. The predicted molar refractivity (Wildman–Crippen MR) is 65.6 cm³/mol. The maximum atomic E-state index is 11.7. The molecule has 1 aromatic rings. The molecule has 0 saturated carbocycles. The molecule has 6 heteroatoms. The highest BCUT2D eigenvalue weighted by Gasteiger charge is 2.21. The molecule has 0 aliphatic rings. The molecular formula is C10H12BrNO3S.